The minimum absolute atomic E-state index is 0.0220. The van der Waals surface area contributed by atoms with Crippen molar-refractivity contribution in [2.24, 2.45) is 0 Å². The number of carbonyl (C=O) groups excluding carboxylic acids is 1. The smallest absolute Gasteiger partial charge is 0.267 e. The van der Waals surface area contributed by atoms with Gasteiger partial charge in [-0.05, 0) is 55.2 Å². The second kappa shape index (κ2) is 8.82. The van der Waals surface area contributed by atoms with Gasteiger partial charge in [0, 0.05) is 18.8 Å². The molecule has 1 aliphatic carbocycles. The zero-order chi connectivity index (χ0) is 24.8. The van der Waals surface area contributed by atoms with Crippen molar-refractivity contribution in [3.8, 4) is 11.5 Å². The van der Waals surface area contributed by atoms with Crippen molar-refractivity contribution in [2.75, 3.05) is 6.79 Å². The number of hydrogen-bond donors (Lipinski definition) is 2. The molecule has 0 saturated heterocycles. The lowest BCUT2D eigenvalue weighted by Crippen LogP contribution is -2.36. The SMILES string of the molecule is Cc1cccn2c(=O)c3cc(C(=O)NCc4ccc5c(c4)OCO5)c(=N)n(C4CCCCC4)c3nc12. The van der Waals surface area contributed by atoms with Gasteiger partial charge in [-0.2, -0.15) is 0 Å². The molecule has 9 heteroatoms. The van der Waals surface area contributed by atoms with Crippen molar-refractivity contribution in [1.82, 2.24) is 19.3 Å². The highest BCUT2D eigenvalue weighted by Crippen LogP contribution is 2.32. The van der Waals surface area contributed by atoms with Crippen molar-refractivity contribution >= 4 is 22.6 Å². The summed E-state index contributed by atoms with van der Waals surface area (Å²) in [5.74, 6) is 0.917. The number of amides is 1. The third-order valence-electron chi connectivity index (χ3n) is 7.15. The van der Waals surface area contributed by atoms with E-state index < -0.39 is 5.91 Å². The maximum Gasteiger partial charge on any atom is 0.267 e. The summed E-state index contributed by atoms with van der Waals surface area (Å²) in [5.41, 5.74) is 2.78. The van der Waals surface area contributed by atoms with E-state index in [9.17, 15) is 9.59 Å². The van der Waals surface area contributed by atoms with E-state index in [1.165, 1.54) is 10.5 Å². The Bertz CT molecular complexity index is 1630. The fourth-order valence-corrected chi connectivity index (χ4v) is 5.26. The van der Waals surface area contributed by atoms with Gasteiger partial charge >= 0.3 is 0 Å². The van der Waals surface area contributed by atoms with E-state index >= 15 is 0 Å². The normalized spacial score (nSPS) is 15.5. The highest BCUT2D eigenvalue weighted by Gasteiger charge is 2.24. The van der Waals surface area contributed by atoms with Crippen LogP contribution in [0.3, 0.4) is 0 Å². The number of aromatic nitrogens is 3. The lowest BCUT2D eigenvalue weighted by Gasteiger charge is -2.26. The zero-order valence-corrected chi connectivity index (χ0v) is 20.0. The van der Waals surface area contributed by atoms with E-state index in [1.54, 1.807) is 6.20 Å². The maximum absolute atomic E-state index is 13.5. The highest BCUT2D eigenvalue weighted by molar-refractivity contribution is 5.96. The summed E-state index contributed by atoms with van der Waals surface area (Å²) in [6.07, 6.45) is 6.72. The molecule has 1 amide bonds. The Kier molecular flexibility index (Phi) is 5.47. The first-order chi connectivity index (χ1) is 17.5. The summed E-state index contributed by atoms with van der Waals surface area (Å²) in [5, 5.41) is 12.3. The van der Waals surface area contributed by atoms with E-state index in [-0.39, 0.29) is 36.0 Å². The van der Waals surface area contributed by atoms with E-state index in [2.05, 4.69) is 5.32 Å². The van der Waals surface area contributed by atoms with E-state index in [4.69, 9.17) is 19.9 Å². The van der Waals surface area contributed by atoms with Crippen molar-refractivity contribution in [3.63, 3.8) is 0 Å². The molecule has 9 nitrogen and oxygen atoms in total. The van der Waals surface area contributed by atoms with Crippen LogP contribution in [-0.4, -0.2) is 26.7 Å². The number of rotatable bonds is 4. The number of carbonyl (C=O) groups is 1. The van der Waals surface area contributed by atoms with E-state index in [1.807, 2.05) is 41.8 Å². The topological polar surface area (TPSA) is 111 Å². The van der Waals surface area contributed by atoms with Crippen LogP contribution < -0.4 is 25.8 Å². The van der Waals surface area contributed by atoms with Crippen molar-refractivity contribution in [3.05, 3.63) is 75.1 Å². The van der Waals surface area contributed by atoms with Gasteiger partial charge in [0.1, 0.15) is 16.8 Å². The zero-order valence-electron chi connectivity index (χ0n) is 20.0. The molecule has 1 fully saturated rings. The average molecular weight is 486 g/mol. The monoisotopic (exact) mass is 485 g/mol. The first-order valence-electron chi connectivity index (χ1n) is 12.3. The molecule has 4 aromatic rings. The van der Waals surface area contributed by atoms with E-state index in [0.29, 0.717) is 28.2 Å². The second-order valence-corrected chi connectivity index (χ2v) is 9.48. The lowest BCUT2D eigenvalue weighted by molar-refractivity contribution is 0.0948. The Morgan fingerprint density at radius 1 is 1.11 bits per heavy atom. The molecule has 2 N–H and O–H groups in total. The third kappa shape index (κ3) is 3.71. The minimum Gasteiger partial charge on any atom is -0.454 e. The number of fused-ring (bicyclic) bond motifs is 3. The Morgan fingerprint density at radius 2 is 1.92 bits per heavy atom. The van der Waals surface area contributed by atoms with Crippen LogP contribution in [0.4, 0.5) is 0 Å². The lowest BCUT2D eigenvalue weighted by atomic mass is 9.94. The molecule has 184 valence electrons. The summed E-state index contributed by atoms with van der Waals surface area (Å²) in [4.78, 5) is 31.7. The minimum atomic E-state index is -0.405. The fraction of sp³-hybridized carbons (Fsp3) is 0.333. The quantitative estimate of drug-likeness (QED) is 0.429. The number of aryl methyl sites for hydroxylation is 1. The number of benzene rings is 1. The summed E-state index contributed by atoms with van der Waals surface area (Å²) in [6, 6.07) is 10.8. The number of ether oxygens (including phenoxy) is 2. The number of hydrogen-bond acceptors (Lipinski definition) is 6. The Balaban J connectivity index is 1.45. The molecule has 0 radical (unpaired) electrons. The Hall–Kier alpha value is -4.14. The molecule has 0 atom stereocenters. The summed E-state index contributed by atoms with van der Waals surface area (Å²) in [7, 11) is 0. The van der Waals surface area contributed by atoms with Crippen LogP contribution in [0.15, 0.2) is 47.4 Å². The van der Waals surface area contributed by atoms with Crippen LogP contribution in [0, 0.1) is 12.3 Å². The van der Waals surface area contributed by atoms with Crippen LogP contribution in [0.2, 0.25) is 0 Å². The molecule has 2 aliphatic rings. The summed E-state index contributed by atoms with van der Waals surface area (Å²) in [6.45, 7) is 2.35. The second-order valence-electron chi connectivity index (χ2n) is 9.48. The molecular weight excluding hydrogens is 458 g/mol. The standard InChI is InChI=1S/C27H27N5O4/c1-16-6-5-11-31-24(16)30-25-20(27(31)34)13-19(23(28)32(25)18-7-3-2-4-8-18)26(33)29-14-17-9-10-21-22(12-17)36-15-35-21/h5-6,9-13,18,28H,2-4,7-8,14-15H2,1H3,(H,29,33). The van der Waals surface area contributed by atoms with Gasteiger partial charge in [-0.1, -0.05) is 31.4 Å². The molecule has 0 unspecified atom stereocenters. The van der Waals surface area contributed by atoms with Gasteiger partial charge < -0.3 is 19.4 Å². The molecule has 1 aliphatic heterocycles. The van der Waals surface area contributed by atoms with Crippen LogP contribution in [-0.2, 0) is 6.54 Å². The summed E-state index contributed by atoms with van der Waals surface area (Å²) < 4.78 is 14.1. The first-order valence-corrected chi connectivity index (χ1v) is 12.3. The molecule has 4 heterocycles. The van der Waals surface area contributed by atoms with Gasteiger partial charge in [-0.15, -0.1) is 0 Å². The number of nitrogens with zero attached hydrogens (tertiary/aromatic N) is 3. The maximum atomic E-state index is 13.5. The van der Waals surface area contributed by atoms with E-state index in [0.717, 1.165) is 43.2 Å². The van der Waals surface area contributed by atoms with Gasteiger partial charge in [0.15, 0.2) is 11.5 Å². The molecule has 1 aromatic carbocycles. The molecule has 3 aromatic heterocycles. The predicted octanol–water partition coefficient (Wildman–Crippen LogP) is 3.60. The largest absolute Gasteiger partial charge is 0.454 e. The molecule has 6 rings (SSSR count). The van der Waals surface area contributed by atoms with Crippen LogP contribution in [0.25, 0.3) is 16.7 Å². The van der Waals surface area contributed by atoms with Crippen LogP contribution in [0.5, 0.6) is 11.5 Å². The van der Waals surface area contributed by atoms with Crippen molar-refractivity contribution in [2.45, 2.75) is 51.6 Å². The molecule has 0 bridgehead atoms. The molecule has 0 spiro atoms. The highest BCUT2D eigenvalue weighted by atomic mass is 16.7. The molecule has 36 heavy (non-hydrogen) atoms. The van der Waals surface area contributed by atoms with Gasteiger partial charge in [-0.25, -0.2) is 4.98 Å². The van der Waals surface area contributed by atoms with Gasteiger partial charge in [-0.3, -0.25) is 19.4 Å². The first kappa shape index (κ1) is 22.3. The van der Waals surface area contributed by atoms with Crippen LogP contribution in [0.1, 0.15) is 59.6 Å². The molecule has 1 saturated carbocycles. The molecular formula is C27H27N5O4. The number of nitrogens with one attached hydrogen (secondary N) is 2. The van der Waals surface area contributed by atoms with Crippen molar-refractivity contribution in [1.29, 1.82) is 5.41 Å². The summed E-state index contributed by atoms with van der Waals surface area (Å²) >= 11 is 0. The average Bonchev–Trinajstić information content (AvgIpc) is 3.36. The van der Waals surface area contributed by atoms with Crippen LogP contribution >= 0.6 is 0 Å². The van der Waals surface area contributed by atoms with Crippen molar-refractivity contribution < 1.29 is 14.3 Å². The fourth-order valence-electron chi connectivity index (χ4n) is 5.26. The van der Waals surface area contributed by atoms with Gasteiger partial charge in [0.25, 0.3) is 11.5 Å². The van der Waals surface area contributed by atoms with Gasteiger partial charge in [0.2, 0.25) is 6.79 Å². The van der Waals surface area contributed by atoms with Gasteiger partial charge in [0.05, 0.1) is 10.9 Å². The third-order valence-corrected chi connectivity index (χ3v) is 7.15. The predicted molar refractivity (Wildman–Crippen MR) is 133 cm³/mol. The Labute approximate surface area is 206 Å². The Morgan fingerprint density at radius 3 is 2.75 bits per heavy atom. The number of pyridine rings is 2.